The summed E-state index contributed by atoms with van der Waals surface area (Å²) in [7, 11) is 0. The van der Waals surface area contributed by atoms with Gasteiger partial charge in [-0.1, -0.05) is 13.8 Å². The highest BCUT2D eigenvalue weighted by Crippen LogP contribution is 2.18. The monoisotopic (exact) mass is 291 g/mol. The van der Waals surface area contributed by atoms with Crippen LogP contribution in [0, 0.1) is 19.8 Å². The van der Waals surface area contributed by atoms with E-state index < -0.39 is 0 Å². The van der Waals surface area contributed by atoms with Crippen molar-refractivity contribution >= 4 is 22.9 Å². The van der Waals surface area contributed by atoms with E-state index in [1.54, 1.807) is 17.5 Å². The Morgan fingerprint density at radius 3 is 2.80 bits per heavy atom. The van der Waals surface area contributed by atoms with Gasteiger partial charge < -0.3 is 5.32 Å². The van der Waals surface area contributed by atoms with Gasteiger partial charge in [-0.05, 0) is 32.3 Å². The molecule has 0 saturated heterocycles. The van der Waals surface area contributed by atoms with Gasteiger partial charge in [0.1, 0.15) is 0 Å². The number of aryl methyl sites for hydroxylation is 2. The van der Waals surface area contributed by atoms with Crippen LogP contribution < -0.4 is 5.32 Å². The van der Waals surface area contributed by atoms with E-state index in [0.29, 0.717) is 11.5 Å². The number of amides is 1. The molecule has 5 heteroatoms. The first-order valence-electron chi connectivity index (χ1n) is 6.86. The summed E-state index contributed by atoms with van der Waals surface area (Å²) >= 11 is 1.58. The Morgan fingerprint density at radius 1 is 1.45 bits per heavy atom. The third kappa shape index (κ3) is 3.48. The zero-order valence-electron chi connectivity index (χ0n) is 12.4. The van der Waals surface area contributed by atoms with Crippen LogP contribution in [-0.4, -0.2) is 15.7 Å². The molecule has 0 aliphatic rings. The maximum Gasteiger partial charge on any atom is 0.256 e. The molecule has 1 amide bonds. The molecule has 0 fully saturated rings. The summed E-state index contributed by atoms with van der Waals surface area (Å²) in [5.74, 6) is 0.575. The van der Waals surface area contributed by atoms with E-state index in [0.717, 1.165) is 29.2 Å². The number of thiophene rings is 1. The summed E-state index contributed by atoms with van der Waals surface area (Å²) in [5, 5.41) is 9.15. The standard InChI is InChI=1S/C15H21N3OS/c1-10(2)5-6-18-12(4)14(8-16-18)17-15(19)13-7-11(3)20-9-13/h7-10H,5-6H2,1-4H3,(H,17,19). The van der Waals surface area contributed by atoms with Crippen molar-refractivity contribution in [1.29, 1.82) is 0 Å². The van der Waals surface area contributed by atoms with Crippen LogP contribution in [0.4, 0.5) is 5.69 Å². The van der Waals surface area contributed by atoms with Gasteiger partial charge in [-0.2, -0.15) is 5.10 Å². The molecule has 0 atom stereocenters. The lowest BCUT2D eigenvalue weighted by Gasteiger charge is -2.08. The SMILES string of the molecule is Cc1cc(C(=O)Nc2cnn(CCC(C)C)c2C)cs1. The highest BCUT2D eigenvalue weighted by atomic mass is 32.1. The van der Waals surface area contributed by atoms with E-state index in [-0.39, 0.29) is 5.91 Å². The normalized spacial score (nSPS) is 11.1. The van der Waals surface area contributed by atoms with E-state index in [2.05, 4.69) is 24.3 Å². The Hall–Kier alpha value is -1.62. The van der Waals surface area contributed by atoms with Gasteiger partial charge in [-0.25, -0.2) is 0 Å². The third-order valence-electron chi connectivity index (χ3n) is 3.26. The van der Waals surface area contributed by atoms with Crippen molar-refractivity contribution in [3.8, 4) is 0 Å². The number of carbonyl (C=O) groups is 1. The highest BCUT2D eigenvalue weighted by Gasteiger charge is 2.12. The Bertz CT molecular complexity index is 598. The van der Waals surface area contributed by atoms with Crippen molar-refractivity contribution in [1.82, 2.24) is 9.78 Å². The van der Waals surface area contributed by atoms with Crippen LogP contribution in [0.15, 0.2) is 17.6 Å². The van der Waals surface area contributed by atoms with Crippen LogP contribution in [0.25, 0.3) is 0 Å². The van der Waals surface area contributed by atoms with Crippen molar-refractivity contribution in [3.63, 3.8) is 0 Å². The van der Waals surface area contributed by atoms with Crippen LogP contribution in [-0.2, 0) is 6.54 Å². The fourth-order valence-corrected chi connectivity index (χ4v) is 2.62. The fourth-order valence-electron chi connectivity index (χ4n) is 1.93. The third-order valence-corrected chi connectivity index (χ3v) is 4.12. The molecule has 0 spiro atoms. The molecule has 4 nitrogen and oxygen atoms in total. The number of carbonyl (C=O) groups excluding carboxylic acids is 1. The predicted octanol–water partition coefficient (Wildman–Crippen LogP) is 3.86. The van der Waals surface area contributed by atoms with Gasteiger partial charge in [0.25, 0.3) is 5.91 Å². The maximum absolute atomic E-state index is 12.1. The lowest BCUT2D eigenvalue weighted by Crippen LogP contribution is -2.12. The van der Waals surface area contributed by atoms with E-state index in [4.69, 9.17) is 0 Å². The molecule has 0 unspecified atom stereocenters. The second-order valence-corrected chi connectivity index (χ2v) is 6.56. The average Bonchev–Trinajstić information content (AvgIpc) is 2.95. The number of rotatable bonds is 5. The van der Waals surface area contributed by atoms with Gasteiger partial charge in [0.05, 0.1) is 23.1 Å². The summed E-state index contributed by atoms with van der Waals surface area (Å²) in [5.41, 5.74) is 2.51. The minimum absolute atomic E-state index is 0.0686. The second-order valence-electron chi connectivity index (χ2n) is 5.45. The van der Waals surface area contributed by atoms with Gasteiger partial charge in [0, 0.05) is 16.8 Å². The summed E-state index contributed by atoms with van der Waals surface area (Å²) < 4.78 is 1.95. The number of anilines is 1. The topological polar surface area (TPSA) is 46.9 Å². The lowest BCUT2D eigenvalue weighted by molar-refractivity contribution is 0.102. The Kier molecular flexibility index (Phi) is 4.60. The summed E-state index contributed by atoms with van der Waals surface area (Å²) in [6, 6.07) is 1.90. The first-order valence-corrected chi connectivity index (χ1v) is 7.74. The summed E-state index contributed by atoms with van der Waals surface area (Å²) in [6.45, 7) is 9.26. The van der Waals surface area contributed by atoms with E-state index in [1.807, 2.05) is 30.0 Å². The van der Waals surface area contributed by atoms with Gasteiger partial charge in [-0.15, -0.1) is 11.3 Å². The Morgan fingerprint density at radius 2 is 2.20 bits per heavy atom. The zero-order valence-corrected chi connectivity index (χ0v) is 13.3. The molecule has 0 radical (unpaired) electrons. The molecular weight excluding hydrogens is 270 g/mol. The molecule has 2 aromatic rings. The highest BCUT2D eigenvalue weighted by molar-refractivity contribution is 7.10. The maximum atomic E-state index is 12.1. The van der Waals surface area contributed by atoms with Crippen LogP contribution in [0.3, 0.4) is 0 Å². The van der Waals surface area contributed by atoms with Crippen molar-refractivity contribution < 1.29 is 4.79 Å². The van der Waals surface area contributed by atoms with E-state index in [9.17, 15) is 4.79 Å². The van der Waals surface area contributed by atoms with Crippen LogP contribution in [0.5, 0.6) is 0 Å². The number of nitrogens with one attached hydrogen (secondary N) is 1. The van der Waals surface area contributed by atoms with Crippen molar-refractivity contribution in [2.75, 3.05) is 5.32 Å². The molecule has 20 heavy (non-hydrogen) atoms. The minimum Gasteiger partial charge on any atom is -0.319 e. The summed E-state index contributed by atoms with van der Waals surface area (Å²) in [6.07, 6.45) is 2.81. The Labute approximate surface area is 123 Å². The van der Waals surface area contributed by atoms with Gasteiger partial charge in [0.2, 0.25) is 0 Å². The summed E-state index contributed by atoms with van der Waals surface area (Å²) in [4.78, 5) is 13.3. The lowest BCUT2D eigenvalue weighted by atomic mass is 10.1. The Balaban J connectivity index is 2.05. The minimum atomic E-state index is -0.0686. The smallest absolute Gasteiger partial charge is 0.256 e. The number of hydrogen-bond donors (Lipinski definition) is 1. The van der Waals surface area contributed by atoms with Crippen LogP contribution >= 0.6 is 11.3 Å². The molecule has 2 aromatic heterocycles. The van der Waals surface area contributed by atoms with Gasteiger partial charge in [-0.3, -0.25) is 9.48 Å². The van der Waals surface area contributed by atoms with Crippen molar-refractivity contribution in [2.24, 2.45) is 5.92 Å². The molecule has 2 rings (SSSR count). The second kappa shape index (κ2) is 6.22. The molecule has 0 saturated carbocycles. The van der Waals surface area contributed by atoms with E-state index in [1.165, 1.54) is 0 Å². The molecule has 0 aliphatic carbocycles. The van der Waals surface area contributed by atoms with Gasteiger partial charge >= 0.3 is 0 Å². The first kappa shape index (κ1) is 14.8. The van der Waals surface area contributed by atoms with Crippen LogP contribution in [0.2, 0.25) is 0 Å². The number of hydrogen-bond acceptors (Lipinski definition) is 3. The van der Waals surface area contributed by atoms with E-state index >= 15 is 0 Å². The molecule has 2 heterocycles. The van der Waals surface area contributed by atoms with Gasteiger partial charge in [0.15, 0.2) is 0 Å². The first-order chi connectivity index (χ1) is 9.47. The molecule has 0 aliphatic heterocycles. The quantitative estimate of drug-likeness (QED) is 0.909. The number of nitrogens with zero attached hydrogens (tertiary/aromatic N) is 2. The predicted molar refractivity (Wildman–Crippen MR) is 83.4 cm³/mol. The molecule has 108 valence electrons. The van der Waals surface area contributed by atoms with Crippen LogP contribution in [0.1, 0.15) is 41.2 Å². The zero-order chi connectivity index (χ0) is 14.7. The number of aromatic nitrogens is 2. The average molecular weight is 291 g/mol. The molecular formula is C15H21N3OS. The molecule has 0 aromatic carbocycles. The fraction of sp³-hybridized carbons (Fsp3) is 0.467. The van der Waals surface area contributed by atoms with Crippen molar-refractivity contribution in [2.45, 2.75) is 40.7 Å². The van der Waals surface area contributed by atoms with Crippen molar-refractivity contribution in [3.05, 3.63) is 33.8 Å². The molecule has 1 N–H and O–H groups in total. The molecule has 0 bridgehead atoms. The largest absolute Gasteiger partial charge is 0.319 e.